The van der Waals surface area contributed by atoms with Crippen LogP contribution < -0.4 is 3.58 Å². The van der Waals surface area contributed by atoms with E-state index in [-0.39, 0.29) is 0 Å². The first-order chi connectivity index (χ1) is 10.8. The third-order valence-electron chi connectivity index (χ3n) is 4.84. The van der Waals surface area contributed by atoms with Gasteiger partial charge in [-0.3, -0.25) is 0 Å². The van der Waals surface area contributed by atoms with Crippen molar-refractivity contribution in [1.29, 1.82) is 0 Å². The van der Waals surface area contributed by atoms with Crippen molar-refractivity contribution in [2.24, 2.45) is 0 Å². The van der Waals surface area contributed by atoms with Crippen LogP contribution in [0.15, 0.2) is 17.9 Å². The Balaban J connectivity index is 2.42. The number of rotatable bonds is 10. The molecule has 22 heavy (non-hydrogen) atoms. The van der Waals surface area contributed by atoms with E-state index in [1.807, 2.05) is 17.5 Å². The van der Waals surface area contributed by atoms with E-state index in [2.05, 4.69) is 36.1 Å². The maximum absolute atomic E-state index is 4.68. The maximum atomic E-state index is 4.68. The normalized spacial score (nSPS) is 12.1. The Hall–Kier alpha value is -0.161. The van der Waals surface area contributed by atoms with Crippen molar-refractivity contribution in [3.8, 4) is 0 Å². The molecule has 0 spiro atoms. The summed E-state index contributed by atoms with van der Waals surface area (Å²) in [6.45, 7) is 7.01. The number of thiophene rings is 1. The average molecular weight is 425 g/mol. The molecule has 0 saturated heterocycles. The van der Waals surface area contributed by atoms with Crippen LogP contribution in [0.25, 0.3) is 10.2 Å². The van der Waals surface area contributed by atoms with E-state index in [0.717, 1.165) is 0 Å². The van der Waals surface area contributed by atoms with Crippen molar-refractivity contribution in [2.75, 3.05) is 0 Å². The van der Waals surface area contributed by atoms with Gasteiger partial charge in [-0.1, -0.05) is 0 Å². The monoisotopic (exact) mass is 426 g/mol. The Kier molecular flexibility index (Phi) is 7.61. The Morgan fingerprint density at radius 2 is 1.55 bits per heavy atom. The third-order valence-corrected chi connectivity index (χ3v) is 21.9. The fraction of sp³-hybridized carbons (Fsp3) is 0.667. The minimum absolute atomic E-state index is 1.29. The van der Waals surface area contributed by atoms with Gasteiger partial charge in [-0.15, -0.1) is 0 Å². The van der Waals surface area contributed by atoms with Gasteiger partial charge in [0.25, 0.3) is 0 Å². The second-order valence-electron chi connectivity index (χ2n) is 6.48. The summed E-state index contributed by atoms with van der Waals surface area (Å²) in [6, 6.07) is 0. The fourth-order valence-corrected chi connectivity index (χ4v) is 22.7. The van der Waals surface area contributed by atoms with Crippen LogP contribution in [-0.4, -0.2) is 28.3 Å². The Labute approximate surface area is 143 Å². The molecule has 0 aliphatic rings. The minimum atomic E-state index is -2.32. The number of hydrogen-bond acceptors (Lipinski definition) is 3. The van der Waals surface area contributed by atoms with Gasteiger partial charge in [-0.05, 0) is 0 Å². The van der Waals surface area contributed by atoms with Crippen LogP contribution >= 0.6 is 11.3 Å². The summed E-state index contributed by atoms with van der Waals surface area (Å²) in [7, 11) is 0. The van der Waals surface area contributed by atoms with Crippen molar-refractivity contribution in [3.05, 3.63) is 17.9 Å². The summed E-state index contributed by atoms with van der Waals surface area (Å²) >= 11 is -0.456. The molecule has 0 aromatic carbocycles. The predicted octanol–water partition coefficient (Wildman–Crippen LogP) is 5.75. The second kappa shape index (κ2) is 9.21. The van der Waals surface area contributed by atoms with Gasteiger partial charge in [0.2, 0.25) is 0 Å². The predicted molar refractivity (Wildman–Crippen MR) is 102 cm³/mol. The third kappa shape index (κ3) is 4.22. The van der Waals surface area contributed by atoms with Crippen LogP contribution in [0.5, 0.6) is 0 Å². The molecule has 2 aromatic heterocycles. The van der Waals surface area contributed by atoms with Gasteiger partial charge in [0.1, 0.15) is 0 Å². The zero-order valence-electron chi connectivity index (χ0n) is 14.4. The Morgan fingerprint density at radius 3 is 2.09 bits per heavy atom. The molecule has 2 aromatic rings. The van der Waals surface area contributed by atoms with Crippen LogP contribution in [0, 0.1) is 0 Å². The molecule has 0 amide bonds. The molecule has 0 radical (unpaired) electrons. The second-order valence-corrected chi connectivity index (χ2v) is 20.5. The molecule has 2 rings (SSSR count). The molecule has 122 valence electrons. The van der Waals surface area contributed by atoms with Gasteiger partial charge in [-0.2, -0.15) is 0 Å². The first-order valence-electron chi connectivity index (χ1n) is 8.95. The molecule has 0 N–H and O–H groups in total. The van der Waals surface area contributed by atoms with Gasteiger partial charge in [0.05, 0.1) is 0 Å². The number of unbranched alkanes of at least 4 members (excludes halogenated alkanes) is 3. The Bertz CT molecular complexity index is 545. The van der Waals surface area contributed by atoms with Crippen molar-refractivity contribution in [2.45, 2.75) is 72.6 Å². The quantitative estimate of drug-likeness (QED) is 0.454. The molecule has 0 fully saturated rings. The molecular weight excluding hydrogens is 395 g/mol. The van der Waals surface area contributed by atoms with Crippen molar-refractivity contribution < 1.29 is 0 Å². The molecule has 0 atom stereocenters. The summed E-state index contributed by atoms with van der Waals surface area (Å²) in [5.41, 5.74) is 1.30. The molecule has 2 heterocycles. The standard InChI is InChI=1S/C6H3N2S.3C4H9.Sn/c1-2-9-6-3-7-4-8-5(1)6;3*1-3-4-2;/h2-4H;3*1,3-4H2,2H3;. The zero-order chi connectivity index (χ0) is 15.8. The molecular formula is C18H30N2SSn. The van der Waals surface area contributed by atoms with E-state index in [1.54, 1.807) is 9.91 Å². The van der Waals surface area contributed by atoms with E-state index in [4.69, 9.17) is 0 Å². The van der Waals surface area contributed by atoms with E-state index in [9.17, 15) is 0 Å². The van der Waals surface area contributed by atoms with Gasteiger partial charge >= 0.3 is 144 Å². The summed E-state index contributed by atoms with van der Waals surface area (Å²) in [5.74, 6) is 0. The van der Waals surface area contributed by atoms with E-state index < -0.39 is 18.4 Å². The summed E-state index contributed by atoms with van der Waals surface area (Å²) in [5, 5.41) is 2.47. The summed E-state index contributed by atoms with van der Waals surface area (Å²) < 4.78 is 7.55. The van der Waals surface area contributed by atoms with Crippen LogP contribution in [-0.2, 0) is 0 Å². The average Bonchev–Trinajstić information content (AvgIpc) is 2.99. The molecule has 4 heteroatoms. The molecule has 2 nitrogen and oxygen atoms in total. The van der Waals surface area contributed by atoms with E-state index in [1.165, 1.54) is 62.1 Å². The van der Waals surface area contributed by atoms with Crippen molar-refractivity contribution >= 4 is 43.5 Å². The van der Waals surface area contributed by atoms with Crippen molar-refractivity contribution in [1.82, 2.24) is 9.97 Å². The molecule has 0 bridgehead atoms. The first-order valence-corrected chi connectivity index (χ1v) is 17.3. The van der Waals surface area contributed by atoms with Crippen molar-refractivity contribution in [3.63, 3.8) is 0 Å². The van der Waals surface area contributed by atoms with Crippen LogP contribution in [0.1, 0.15) is 59.3 Å². The zero-order valence-corrected chi connectivity index (χ0v) is 18.1. The van der Waals surface area contributed by atoms with Crippen LogP contribution in [0.4, 0.5) is 0 Å². The Morgan fingerprint density at radius 1 is 0.955 bits per heavy atom. The topological polar surface area (TPSA) is 25.8 Å². The number of nitrogens with zero attached hydrogens (tertiary/aromatic N) is 2. The molecule has 0 saturated carbocycles. The van der Waals surface area contributed by atoms with Gasteiger partial charge < -0.3 is 0 Å². The van der Waals surface area contributed by atoms with Gasteiger partial charge in [-0.25, -0.2) is 0 Å². The van der Waals surface area contributed by atoms with Crippen LogP contribution in [0.2, 0.25) is 13.3 Å². The summed E-state index contributed by atoms with van der Waals surface area (Å²) in [6.07, 6.45) is 12.0. The number of hydrogen-bond donors (Lipinski definition) is 0. The first kappa shape index (κ1) is 18.2. The molecule has 0 aliphatic heterocycles. The SMILES string of the molecule is CCC[CH2][Sn]([CH2]CCC)([CH2]CCC)[c]1csc2cncnc12. The van der Waals surface area contributed by atoms with E-state index >= 15 is 0 Å². The van der Waals surface area contributed by atoms with E-state index in [0.29, 0.717) is 0 Å². The number of fused-ring (bicyclic) bond motifs is 1. The van der Waals surface area contributed by atoms with Gasteiger partial charge in [0.15, 0.2) is 0 Å². The molecule has 0 unspecified atom stereocenters. The van der Waals surface area contributed by atoms with Crippen LogP contribution in [0.3, 0.4) is 0 Å². The summed E-state index contributed by atoms with van der Waals surface area (Å²) in [4.78, 5) is 8.90. The fourth-order valence-electron chi connectivity index (χ4n) is 3.48. The molecule has 0 aliphatic carbocycles. The van der Waals surface area contributed by atoms with Gasteiger partial charge in [0, 0.05) is 0 Å². The number of aromatic nitrogens is 2.